The maximum Gasteiger partial charge on any atom is 1.00 e. The topological polar surface area (TPSA) is 111 Å². The van der Waals surface area contributed by atoms with Crippen LogP contribution in [0.4, 0.5) is 0 Å². The summed E-state index contributed by atoms with van der Waals surface area (Å²) in [7, 11) is -9.19. The SMILES string of the molecule is C=CCNOP(=O)(CP(=O)([O-])[O-])Oc1ccccc1.[Na+].[Na+]. The van der Waals surface area contributed by atoms with Gasteiger partial charge in [-0.05, 0) is 12.1 Å². The molecule has 21 heavy (non-hydrogen) atoms. The van der Waals surface area contributed by atoms with Crippen molar-refractivity contribution in [2.75, 3.05) is 12.4 Å². The molecule has 11 heteroatoms. The number of hydrogen-bond acceptors (Lipinski definition) is 7. The van der Waals surface area contributed by atoms with Crippen molar-refractivity contribution in [1.82, 2.24) is 5.48 Å². The van der Waals surface area contributed by atoms with Crippen LogP contribution in [-0.4, -0.2) is 12.4 Å². The molecule has 0 amide bonds. The van der Waals surface area contributed by atoms with Gasteiger partial charge in [0.15, 0.2) is 0 Å². The summed E-state index contributed by atoms with van der Waals surface area (Å²) in [5.74, 6) is -1.10. The Hall–Kier alpha value is 1.06. The van der Waals surface area contributed by atoms with Crippen molar-refractivity contribution in [1.29, 1.82) is 0 Å². The zero-order chi connectivity index (χ0) is 14.4. The van der Waals surface area contributed by atoms with E-state index >= 15 is 0 Å². The average molecular weight is 351 g/mol. The molecule has 0 heterocycles. The Kier molecular flexibility index (Phi) is 13.4. The van der Waals surface area contributed by atoms with Crippen molar-refractivity contribution in [3.63, 3.8) is 0 Å². The van der Waals surface area contributed by atoms with Gasteiger partial charge in [0.2, 0.25) is 0 Å². The second-order valence-electron chi connectivity index (χ2n) is 3.50. The Bertz CT molecular complexity index is 510. The molecule has 0 aliphatic heterocycles. The molecule has 1 N–H and O–H groups in total. The molecule has 1 aromatic carbocycles. The van der Waals surface area contributed by atoms with E-state index < -0.39 is 21.1 Å². The summed E-state index contributed by atoms with van der Waals surface area (Å²) in [4.78, 5) is 21.5. The third-order valence-electron chi connectivity index (χ3n) is 1.77. The summed E-state index contributed by atoms with van der Waals surface area (Å²) in [6, 6.07) is 7.82. The maximum absolute atomic E-state index is 12.2. The summed E-state index contributed by atoms with van der Waals surface area (Å²) in [5, 5.41) is 0. The van der Waals surface area contributed by atoms with E-state index in [2.05, 4.69) is 16.7 Å². The van der Waals surface area contributed by atoms with Gasteiger partial charge >= 0.3 is 66.7 Å². The molecular formula is C10H13NNa2O6P2. The third-order valence-corrected chi connectivity index (χ3v) is 5.43. The summed E-state index contributed by atoms with van der Waals surface area (Å²) < 4.78 is 32.6. The first-order chi connectivity index (χ1) is 8.85. The largest absolute Gasteiger partial charge is 1.00 e. The summed E-state index contributed by atoms with van der Waals surface area (Å²) in [6.07, 6.45) is 1.40. The molecular weight excluding hydrogens is 338 g/mol. The van der Waals surface area contributed by atoms with E-state index in [-0.39, 0.29) is 71.4 Å². The monoisotopic (exact) mass is 351 g/mol. The molecule has 1 unspecified atom stereocenters. The fourth-order valence-corrected chi connectivity index (χ4v) is 4.04. The van der Waals surface area contributed by atoms with Gasteiger partial charge in [0.1, 0.15) is 5.75 Å². The molecule has 0 bridgehead atoms. The fraction of sp³-hybridized carbons (Fsp3) is 0.200. The number of hydrogen-bond donors (Lipinski definition) is 1. The molecule has 106 valence electrons. The van der Waals surface area contributed by atoms with Crippen LogP contribution >= 0.6 is 15.2 Å². The van der Waals surface area contributed by atoms with Crippen LogP contribution in [0.25, 0.3) is 0 Å². The van der Waals surface area contributed by atoms with E-state index in [1.54, 1.807) is 18.2 Å². The normalized spacial score (nSPS) is 13.2. The minimum atomic E-state index is -5.05. The maximum atomic E-state index is 12.2. The zero-order valence-corrected chi connectivity index (χ0v) is 17.7. The van der Waals surface area contributed by atoms with E-state index in [4.69, 9.17) is 4.52 Å². The van der Waals surface area contributed by atoms with Crippen LogP contribution in [0.5, 0.6) is 5.75 Å². The van der Waals surface area contributed by atoms with Crippen molar-refractivity contribution in [2.45, 2.75) is 0 Å². The molecule has 0 aromatic heterocycles. The standard InChI is InChI=1S/C10H15NO6P2.2Na/c1-2-8-11-17-19(15,9-18(12,13)14)16-10-6-4-3-5-7-10;;/h2-7,11H,1,8-9H2,(H2,12,13,14);;/q;2*+1/p-2. The van der Waals surface area contributed by atoms with E-state index in [9.17, 15) is 18.9 Å². The van der Waals surface area contributed by atoms with Crippen LogP contribution < -0.4 is 78.9 Å². The van der Waals surface area contributed by atoms with Gasteiger partial charge in [-0.25, -0.2) is 9.19 Å². The van der Waals surface area contributed by atoms with Gasteiger partial charge in [-0.1, -0.05) is 31.9 Å². The number of hydroxylamine groups is 1. The first-order valence-electron chi connectivity index (χ1n) is 5.22. The van der Waals surface area contributed by atoms with E-state index in [1.165, 1.54) is 18.2 Å². The van der Waals surface area contributed by atoms with Gasteiger partial charge < -0.3 is 18.9 Å². The predicted octanol–water partition coefficient (Wildman–Crippen LogP) is -5.16. The van der Waals surface area contributed by atoms with Crippen LogP contribution in [-0.2, 0) is 13.8 Å². The van der Waals surface area contributed by atoms with Gasteiger partial charge in [-0.3, -0.25) is 0 Å². The molecule has 0 aliphatic rings. The van der Waals surface area contributed by atoms with Gasteiger partial charge in [0, 0.05) is 6.54 Å². The van der Waals surface area contributed by atoms with Crippen LogP contribution in [0.2, 0.25) is 0 Å². The Morgan fingerprint density at radius 3 is 2.24 bits per heavy atom. The minimum absolute atomic E-state index is 0. The van der Waals surface area contributed by atoms with Gasteiger partial charge in [-0.15, -0.1) is 6.58 Å². The van der Waals surface area contributed by atoms with Crippen LogP contribution in [0.15, 0.2) is 43.0 Å². The quantitative estimate of drug-likeness (QED) is 0.164. The van der Waals surface area contributed by atoms with Gasteiger partial charge in [0.05, 0.1) is 5.90 Å². The third kappa shape index (κ3) is 11.3. The molecule has 0 aliphatic carbocycles. The molecule has 0 saturated heterocycles. The van der Waals surface area contributed by atoms with E-state index in [0.717, 1.165) is 0 Å². The summed E-state index contributed by atoms with van der Waals surface area (Å²) >= 11 is 0. The van der Waals surface area contributed by atoms with Crippen molar-refractivity contribution < 1.29 is 87.2 Å². The molecule has 0 saturated carbocycles. The molecule has 0 spiro atoms. The molecule has 1 atom stereocenters. The first-order valence-corrected chi connectivity index (χ1v) is 8.67. The van der Waals surface area contributed by atoms with Gasteiger partial charge in [0.25, 0.3) is 0 Å². The molecule has 0 fully saturated rings. The van der Waals surface area contributed by atoms with Crippen molar-refractivity contribution in [3.05, 3.63) is 43.0 Å². The number of benzene rings is 1. The van der Waals surface area contributed by atoms with Crippen molar-refractivity contribution in [2.24, 2.45) is 0 Å². The summed E-state index contributed by atoms with van der Waals surface area (Å²) in [6.45, 7) is 3.50. The van der Waals surface area contributed by atoms with Crippen LogP contribution in [0.3, 0.4) is 0 Å². The first kappa shape index (κ1) is 24.3. The van der Waals surface area contributed by atoms with E-state index in [0.29, 0.717) is 0 Å². The Morgan fingerprint density at radius 2 is 1.76 bits per heavy atom. The molecule has 1 rings (SSSR count). The second-order valence-corrected chi connectivity index (χ2v) is 7.44. The number of nitrogens with one attached hydrogen (secondary N) is 1. The molecule has 7 nitrogen and oxygen atoms in total. The summed E-state index contributed by atoms with van der Waals surface area (Å²) in [5.41, 5.74) is 2.21. The molecule has 1 aromatic rings. The smallest absolute Gasteiger partial charge is 0.810 e. The zero-order valence-electron chi connectivity index (χ0n) is 11.9. The van der Waals surface area contributed by atoms with Crippen molar-refractivity contribution >= 4 is 15.2 Å². The fourth-order valence-electron chi connectivity index (χ4n) is 1.12. The Balaban J connectivity index is 0. The van der Waals surface area contributed by atoms with Crippen LogP contribution in [0.1, 0.15) is 0 Å². The van der Waals surface area contributed by atoms with E-state index in [1.807, 2.05) is 0 Å². The second kappa shape index (κ2) is 11.6. The number of para-hydroxylation sites is 1. The van der Waals surface area contributed by atoms with Crippen LogP contribution in [0, 0.1) is 0 Å². The van der Waals surface area contributed by atoms with Crippen molar-refractivity contribution in [3.8, 4) is 5.75 Å². The Labute approximate surface area is 167 Å². The average Bonchev–Trinajstić information content (AvgIpc) is 2.27. The molecule has 0 radical (unpaired) electrons. The number of rotatable bonds is 8. The minimum Gasteiger partial charge on any atom is -0.810 e. The predicted molar refractivity (Wildman–Crippen MR) is 66.4 cm³/mol. The van der Waals surface area contributed by atoms with Gasteiger partial charge in [-0.2, -0.15) is 5.48 Å². The Morgan fingerprint density at radius 1 is 1.19 bits per heavy atom.